The first kappa shape index (κ1) is 23.1. The predicted molar refractivity (Wildman–Crippen MR) is 131 cm³/mol. The Morgan fingerprint density at radius 1 is 1.03 bits per heavy atom. The summed E-state index contributed by atoms with van der Waals surface area (Å²) in [5.41, 5.74) is 2.24. The molecule has 0 fully saturated rings. The lowest BCUT2D eigenvalue weighted by atomic mass is 9.99. The molecule has 0 saturated carbocycles. The Kier molecular flexibility index (Phi) is 6.67. The third-order valence-corrected chi connectivity index (χ3v) is 5.86. The molecule has 2 heterocycles. The summed E-state index contributed by atoms with van der Waals surface area (Å²) in [6.07, 6.45) is 4.00. The fourth-order valence-electron chi connectivity index (χ4n) is 3.71. The van der Waals surface area contributed by atoms with Gasteiger partial charge in [-0.2, -0.15) is 0 Å². The van der Waals surface area contributed by atoms with E-state index < -0.39 is 11.6 Å². The molecule has 4 aromatic rings. The Balaban J connectivity index is 1.78. The van der Waals surface area contributed by atoms with Crippen LogP contribution in [0.25, 0.3) is 11.0 Å². The second-order valence-electron chi connectivity index (χ2n) is 8.75. The number of benzene rings is 2. The number of anilines is 1. The van der Waals surface area contributed by atoms with Crippen LogP contribution in [0.1, 0.15) is 38.8 Å². The van der Waals surface area contributed by atoms with Crippen molar-refractivity contribution in [3.8, 4) is 0 Å². The van der Waals surface area contributed by atoms with Crippen molar-refractivity contribution < 1.29 is 9.59 Å². The number of nitrogens with zero attached hydrogens (tertiary/aromatic N) is 5. The zero-order valence-electron chi connectivity index (χ0n) is 19.5. The predicted octanol–water partition coefficient (Wildman–Crippen LogP) is 3.91. The lowest BCUT2D eigenvalue weighted by Gasteiger charge is -2.34. The lowest BCUT2D eigenvalue weighted by molar-refractivity contribution is -0.128. The second kappa shape index (κ2) is 9.82. The SMILES string of the molecule is CCC(C)(C)NC(=O)[C@H](c1cccnc1)N(C(=O)Cn1nnc2ccccc21)c1ccccc1. The molecule has 0 aliphatic rings. The zero-order chi connectivity index (χ0) is 24.1. The number of pyridine rings is 1. The van der Waals surface area contributed by atoms with Gasteiger partial charge in [0, 0.05) is 29.2 Å². The van der Waals surface area contributed by atoms with E-state index in [1.807, 2.05) is 81.4 Å². The van der Waals surface area contributed by atoms with Crippen molar-refractivity contribution in [3.05, 3.63) is 84.7 Å². The van der Waals surface area contributed by atoms with Gasteiger partial charge in [-0.25, -0.2) is 4.68 Å². The van der Waals surface area contributed by atoms with E-state index in [2.05, 4.69) is 20.6 Å². The fourth-order valence-corrected chi connectivity index (χ4v) is 3.71. The van der Waals surface area contributed by atoms with Gasteiger partial charge >= 0.3 is 0 Å². The minimum Gasteiger partial charge on any atom is -0.349 e. The molecule has 2 aromatic carbocycles. The summed E-state index contributed by atoms with van der Waals surface area (Å²) >= 11 is 0. The standard InChI is InChI=1S/C26H28N6O2/c1-4-26(2,3)28-25(34)24(19-11-10-16-27-17-19)32(20-12-6-5-7-13-20)23(33)18-31-22-15-9-8-14-21(22)29-30-31/h5-17,24H,4,18H2,1-3H3,(H,28,34)/t24-/m0/s1. The Morgan fingerprint density at radius 3 is 2.47 bits per heavy atom. The molecule has 0 radical (unpaired) electrons. The minimum absolute atomic E-state index is 0.0728. The topological polar surface area (TPSA) is 93.0 Å². The van der Waals surface area contributed by atoms with E-state index in [1.165, 1.54) is 4.90 Å². The second-order valence-corrected chi connectivity index (χ2v) is 8.75. The number of hydrogen-bond acceptors (Lipinski definition) is 5. The van der Waals surface area contributed by atoms with Crippen LogP contribution >= 0.6 is 0 Å². The Hall–Kier alpha value is -4.07. The molecule has 0 unspecified atom stereocenters. The number of aromatic nitrogens is 4. The molecular formula is C26H28N6O2. The third-order valence-electron chi connectivity index (χ3n) is 5.86. The summed E-state index contributed by atoms with van der Waals surface area (Å²) in [7, 11) is 0. The van der Waals surface area contributed by atoms with Crippen molar-refractivity contribution >= 4 is 28.5 Å². The molecule has 0 saturated heterocycles. The van der Waals surface area contributed by atoms with Crippen molar-refractivity contribution in [2.75, 3.05) is 4.90 Å². The maximum absolute atomic E-state index is 13.8. The summed E-state index contributed by atoms with van der Waals surface area (Å²) in [6.45, 7) is 5.86. The largest absolute Gasteiger partial charge is 0.349 e. The first-order chi connectivity index (χ1) is 16.4. The Bertz CT molecular complexity index is 1270. The van der Waals surface area contributed by atoms with Crippen LogP contribution in [0.5, 0.6) is 0 Å². The average Bonchev–Trinajstić information content (AvgIpc) is 3.25. The van der Waals surface area contributed by atoms with Crippen molar-refractivity contribution in [1.29, 1.82) is 0 Å². The molecule has 0 bridgehead atoms. The van der Waals surface area contributed by atoms with Gasteiger partial charge in [0.15, 0.2) is 0 Å². The van der Waals surface area contributed by atoms with Gasteiger partial charge in [-0.3, -0.25) is 19.5 Å². The molecule has 34 heavy (non-hydrogen) atoms. The molecule has 8 heteroatoms. The molecule has 1 N–H and O–H groups in total. The highest BCUT2D eigenvalue weighted by molar-refractivity contribution is 6.01. The van der Waals surface area contributed by atoms with Crippen LogP contribution in [0.2, 0.25) is 0 Å². The molecular weight excluding hydrogens is 428 g/mol. The van der Waals surface area contributed by atoms with Gasteiger partial charge in [0.1, 0.15) is 18.1 Å². The number of para-hydroxylation sites is 2. The maximum Gasteiger partial charge on any atom is 0.249 e. The number of carbonyl (C=O) groups excluding carboxylic acids is 2. The average molecular weight is 457 g/mol. The van der Waals surface area contributed by atoms with Crippen LogP contribution < -0.4 is 10.2 Å². The normalized spacial score (nSPS) is 12.3. The number of carbonyl (C=O) groups is 2. The number of nitrogens with one attached hydrogen (secondary N) is 1. The maximum atomic E-state index is 13.8. The third kappa shape index (κ3) is 4.96. The van der Waals surface area contributed by atoms with E-state index >= 15 is 0 Å². The molecule has 1 atom stereocenters. The first-order valence-corrected chi connectivity index (χ1v) is 11.3. The van der Waals surface area contributed by atoms with Crippen LogP contribution in [0, 0.1) is 0 Å². The highest BCUT2D eigenvalue weighted by Crippen LogP contribution is 2.29. The fraction of sp³-hybridized carbons (Fsp3) is 0.269. The van der Waals surface area contributed by atoms with Crippen molar-refractivity contribution in [1.82, 2.24) is 25.3 Å². The number of amides is 2. The molecule has 8 nitrogen and oxygen atoms in total. The van der Waals surface area contributed by atoms with E-state index in [1.54, 1.807) is 23.1 Å². The monoisotopic (exact) mass is 456 g/mol. The van der Waals surface area contributed by atoms with E-state index in [9.17, 15) is 9.59 Å². The van der Waals surface area contributed by atoms with Gasteiger partial charge in [0.25, 0.3) is 0 Å². The van der Waals surface area contributed by atoms with E-state index in [0.717, 1.165) is 11.9 Å². The van der Waals surface area contributed by atoms with Gasteiger partial charge in [0.2, 0.25) is 11.8 Å². The highest BCUT2D eigenvalue weighted by atomic mass is 16.2. The molecule has 0 aliphatic heterocycles. The van der Waals surface area contributed by atoms with Crippen LogP contribution in [0.4, 0.5) is 5.69 Å². The summed E-state index contributed by atoms with van der Waals surface area (Å²) in [5.74, 6) is -0.569. The van der Waals surface area contributed by atoms with E-state index in [4.69, 9.17) is 0 Å². The van der Waals surface area contributed by atoms with Crippen LogP contribution in [-0.2, 0) is 16.1 Å². The first-order valence-electron chi connectivity index (χ1n) is 11.3. The van der Waals surface area contributed by atoms with Crippen LogP contribution in [-0.4, -0.2) is 37.3 Å². The molecule has 0 aliphatic carbocycles. The zero-order valence-corrected chi connectivity index (χ0v) is 19.5. The van der Waals surface area contributed by atoms with Gasteiger partial charge in [-0.15, -0.1) is 5.10 Å². The summed E-state index contributed by atoms with van der Waals surface area (Å²) in [6, 6.07) is 19.3. The number of hydrogen-bond donors (Lipinski definition) is 1. The van der Waals surface area contributed by atoms with Gasteiger partial charge in [0.05, 0.1) is 5.52 Å². The Labute approximate surface area is 198 Å². The van der Waals surface area contributed by atoms with Crippen molar-refractivity contribution in [3.63, 3.8) is 0 Å². The van der Waals surface area contributed by atoms with Crippen molar-refractivity contribution in [2.24, 2.45) is 0 Å². The number of fused-ring (bicyclic) bond motifs is 1. The van der Waals surface area contributed by atoms with Gasteiger partial charge in [-0.1, -0.05) is 48.5 Å². The summed E-state index contributed by atoms with van der Waals surface area (Å²) < 4.78 is 1.56. The van der Waals surface area contributed by atoms with Gasteiger partial charge < -0.3 is 5.32 Å². The molecule has 0 spiro atoms. The molecule has 2 amide bonds. The molecule has 4 rings (SSSR count). The quantitative estimate of drug-likeness (QED) is 0.434. The molecule has 174 valence electrons. The molecule has 2 aromatic heterocycles. The van der Waals surface area contributed by atoms with E-state index in [0.29, 0.717) is 16.8 Å². The Morgan fingerprint density at radius 2 is 1.76 bits per heavy atom. The van der Waals surface area contributed by atoms with Crippen molar-refractivity contribution in [2.45, 2.75) is 45.3 Å². The number of rotatable bonds is 8. The summed E-state index contributed by atoms with van der Waals surface area (Å²) in [5, 5.41) is 11.4. The smallest absolute Gasteiger partial charge is 0.249 e. The van der Waals surface area contributed by atoms with Crippen LogP contribution in [0.3, 0.4) is 0 Å². The van der Waals surface area contributed by atoms with Crippen LogP contribution in [0.15, 0.2) is 79.1 Å². The van der Waals surface area contributed by atoms with Gasteiger partial charge in [-0.05, 0) is 50.6 Å². The lowest BCUT2D eigenvalue weighted by Crippen LogP contribution is -2.51. The minimum atomic E-state index is -0.913. The summed E-state index contributed by atoms with van der Waals surface area (Å²) in [4.78, 5) is 33.3. The highest BCUT2D eigenvalue weighted by Gasteiger charge is 2.35. The van der Waals surface area contributed by atoms with E-state index in [-0.39, 0.29) is 18.4 Å².